The molecule has 0 saturated carbocycles. The second-order valence-corrected chi connectivity index (χ2v) is 8.35. The fourth-order valence-corrected chi connectivity index (χ4v) is 4.90. The topological polar surface area (TPSA) is 61.5 Å². The molecular weight excluding hydrogens is 392 g/mol. The third-order valence-corrected chi connectivity index (χ3v) is 6.49. The average molecular weight is 413 g/mol. The average Bonchev–Trinajstić information content (AvgIpc) is 3.23. The van der Waals surface area contributed by atoms with Crippen molar-refractivity contribution in [3.05, 3.63) is 82.2 Å². The number of hydrogen-bond acceptors (Lipinski definition) is 3. The van der Waals surface area contributed by atoms with Gasteiger partial charge >= 0.3 is 0 Å². The monoisotopic (exact) mass is 412 g/mol. The van der Waals surface area contributed by atoms with E-state index in [0.717, 1.165) is 28.3 Å². The summed E-state index contributed by atoms with van der Waals surface area (Å²) < 4.78 is 2.18. The fraction of sp³-hybridized carbons (Fsp3) is 0.125. The van der Waals surface area contributed by atoms with Crippen molar-refractivity contribution >= 4 is 45.5 Å². The van der Waals surface area contributed by atoms with Crippen molar-refractivity contribution in [2.45, 2.75) is 20.8 Å². The highest BCUT2D eigenvalue weighted by Crippen LogP contribution is 2.33. The summed E-state index contributed by atoms with van der Waals surface area (Å²) in [6.45, 7) is 6.01. The van der Waals surface area contributed by atoms with Crippen molar-refractivity contribution < 1.29 is 4.79 Å². The SMILES string of the molecule is CC1=CSC2=NC(=O)/C(=C\c3cc(C)n(-c4ccc5ccccc5c4)c3C)C(=N)N12. The van der Waals surface area contributed by atoms with E-state index in [1.54, 1.807) is 11.0 Å². The molecule has 0 radical (unpaired) electrons. The third kappa shape index (κ3) is 2.83. The van der Waals surface area contributed by atoms with Gasteiger partial charge < -0.3 is 4.57 Å². The van der Waals surface area contributed by atoms with Crippen LogP contribution in [-0.2, 0) is 4.79 Å². The predicted octanol–water partition coefficient (Wildman–Crippen LogP) is 5.41. The van der Waals surface area contributed by atoms with Gasteiger partial charge in [0.1, 0.15) is 5.84 Å². The van der Waals surface area contributed by atoms with Gasteiger partial charge in [0.05, 0.1) is 5.57 Å². The molecule has 0 aliphatic carbocycles. The van der Waals surface area contributed by atoms with Crippen LogP contribution in [0.3, 0.4) is 0 Å². The zero-order chi connectivity index (χ0) is 21.0. The summed E-state index contributed by atoms with van der Waals surface area (Å²) in [4.78, 5) is 18.5. The maximum absolute atomic E-state index is 12.6. The molecule has 0 atom stereocenters. The zero-order valence-corrected chi connectivity index (χ0v) is 17.7. The highest BCUT2D eigenvalue weighted by Gasteiger charge is 2.34. The zero-order valence-electron chi connectivity index (χ0n) is 16.9. The maximum atomic E-state index is 12.6. The Kier molecular flexibility index (Phi) is 4.25. The number of benzene rings is 2. The Morgan fingerprint density at radius 2 is 1.80 bits per heavy atom. The summed E-state index contributed by atoms with van der Waals surface area (Å²) in [5.41, 5.74) is 5.31. The summed E-state index contributed by atoms with van der Waals surface area (Å²) in [6, 6.07) is 16.8. The number of carbonyl (C=O) groups excluding carboxylic acids is 1. The molecule has 5 nitrogen and oxygen atoms in total. The van der Waals surface area contributed by atoms with Gasteiger partial charge in [-0.05, 0) is 66.8 Å². The minimum Gasteiger partial charge on any atom is -0.318 e. The van der Waals surface area contributed by atoms with Crippen molar-refractivity contribution in [2.24, 2.45) is 4.99 Å². The van der Waals surface area contributed by atoms with E-state index < -0.39 is 0 Å². The Morgan fingerprint density at radius 3 is 2.60 bits per heavy atom. The van der Waals surface area contributed by atoms with E-state index >= 15 is 0 Å². The molecule has 1 N–H and O–H groups in total. The Balaban J connectivity index is 1.59. The van der Waals surface area contributed by atoms with Crippen molar-refractivity contribution in [3.63, 3.8) is 0 Å². The number of amidine groups is 2. The van der Waals surface area contributed by atoms with Crippen LogP contribution < -0.4 is 0 Å². The molecule has 0 spiro atoms. The first-order chi connectivity index (χ1) is 14.4. The van der Waals surface area contributed by atoms with Crippen LogP contribution in [0.5, 0.6) is 0 Å². The van der Waals surface area contributed by atoms with Gasteiger partial charge in [0.25, 0.3) is 5.91 Å². The van der Waals surface area contributed by atoms with Crippen LogP contribution in [0.2, 0.25) is 0 Å². The molecule has 3 heterocycles. The lowest BCUT2D eigenvalue weighted by atomic mass is 10.1. The lowest BCUT2D eigenvalue weighted by Gasteiger charge is -2.25. The summed E-state index contributed by atoms with van der Waals surface area (Å²) in [6.07, 6.45) is 1.79. The first-order valence-electron chi connectivity index (χ1n) is 9.69. The molecule has 1 aromatic heterocycles. The Hall–Kier alpha value is -3.38. The lowest BCUT2D eigenvalue weighted by Crippen LogP contribution is -2.37. The van der Waals surface area contributed by atoms with Gasteiger partial charge in [0.15, 0.2) is 5.17 Å². The van der Waals surface area contributed by atoms with Crippen LogP contribution in [0.4, 0.5) is 0 Å². The van der Waals surface area contributed by atoms with Crippen LogP contribution in [0.1, 0.15) is 23.9 Å². The first-order valence-corrected chi connectivity index (χ1v) is 10.6. The number of aryl methyl sites for hydroxylation is 1. The molecule has 0 saturated heterocycles. The molecule has 1 amide bonds. The molecule has 2 aliphatic rings. The van der Waals surface area contributed by atoms with Crippen LogP contribution in [-0.4, -0.2) is 26.4 Å². The molecule has 0 unspecified atom stereocenters. The highest BCUT2D eigenvalue weighted by molar-refractivity contribution is 8.16. The van der Waals surface area contributed by atoms with Crippen LogP contribution >= 0.6 is 11.8 Å². The van der Waals surface area contributed by atoms with Crippen molar-refractivity contribution in [1.29, 1.82) is 5.41 Å². The van der Waals surface area contributed by atoms with E-state index in [4.69, 9.17) is 5.41 Å². The van der Waals surface area contributed by atoms with E-state index in [2.05, 4.69) is 52.9 Å². The van der Waals surface area contributed by atoms with E-state index in [9.17, 15) is 4.79 Å². The second-order valence-electron chi connectivity index (χ2n) is 7.51. The van der Waals surface area contributed by atoms with E-state index in [1.807, 2.05) is 31.4 Å². The molecule has 3 aromatic rings. The van der Waals surface area contributed by atoms with Gasteiger partial charge in [-0.15, -0.1) is 0 Å². The Bertz CT molecular complexity index is 1340. The third-order valence-electron chi connectivity index (χ3n) is 5.55. The smallest absolute Gasteiger partial charge is 0.283 e. The molecule has 0 bridgehead atoms. The van der Waals surface area contributed by atoms with Crippen LogP contribution in [0, 0.1) is 19.3 Å². The summed E-state index contributed by atoms with van der Waals surface area (Å²) in [5, 5.41) is 13.4. The number of nitrogens with zero attached hydrogens (tertiary/aromatic N) is 3. The number of amides is 1. The molecule has 0 fully saturated rings. The van der Waals surface area contributed by atoms with Crippen molar-refractivity contribution in [2.75, 3.05) is 0 Å². The van der Waals surface area contributed by atoms with E-state index in [0.29, 0.717) is 10.7 Å². The molecule has 2 aliphatic heterocycles. The number of nitrogens with one attached hydrogen (secondary N) is 1. The quantitative estimate of drug-likeness (QED) is 0.572. The van der Waals surface area contributed by atoms with Gasteiger partial charge in [-0.3, -0.25) is 15.1 Å². The number of aromatic nitrogens is 1. The minimum atomic E-state index is -0.364. The lowest BCUT2D eigenvalue weighted by molar-refractivity contribution is -0.114. The number of rotatable bonds is 2. The molecule has 5 rings (SSSR count). The van der Waals surface area contributed by atoms with Crippen molar-refractivity contribution in [1.82, 2.24) is 9.47 Å². The molecule has 6 heteroatoms. The number of carbonyl (C=O) groups is 1. The largest absolute Gasteiger partial charge is 0.318 e. The minimum absolute atomic E-state index is 0.180. The fourth-order valence-electron chi connectivity index (χ4n) is 4.04. The van der Waals surface area contributed by atoms with E-state index in [-0.39, 0.29) is 11.7 Å². The van der Waals surface area contributed by atoms with Crippen LogP contribution in [0.15, 0.2) is 70.2 Å². The van der Waals surface area contributed by atoms with E-state index in [1.165, 1.54) is 22.5 Å². The Labute approximate surface area is 178 Å². The second kappa shape index (κ2) is 6.85. The number of fused-ring (bicyclic) bond motifs is 2. The van der Waals surface area contributed by atoms with Gasteiger partial charge in [-0.1, -0.05) is 42.1 Å². The summed E-state index contributed by atoms with van der Waals surface area (Å²) >= 11 is 1.38. The van der Waals surface area contributed by atoms with Gasteiger partial charge in [0, 0.05) is 22.8 Å². The molecular formula is C24H20N4OS. The number of thioether (sulfide) groups is 1. The normalized spacial score (nSPS) is 17.6. The Morgan fingerprint density at radius 1 is 1.03 bits per heavy atom. The number of aliphatic imine (C=N–C) groups is 1. The number of hydrogen-bond donors (Lipinski definition) is 1. The maximum Gasteiger partial charge on any atom is 0.283 e. The summed E-state index contributed by atoms with van der Waals surface area (Å²) in [7, 11) is 0. The van der Waals surface area contributed by atoms with Gasteiger partial charge in [0.2, 0.25) is 0 Å². The molecule has 30 heavy (non-hydrogen) atoms. The number of allylic oxidation sites excluding steroid dienone is 1. The predicted molar refractivity (Wildman–Crippen MR) is 124 cm³/mol. The van der Waals surface area contributed by atoms with Crippen LogP contribution in [0.25, 0.3) is 22.5 Å². The van der Waals surface area contributed by atoms with Gasteiger partial charge in [-0.2, -0.15) is 4.99 Å². The standard InChI is InChI=1S/C24H20N4OS/c1-14-10-19(12-21-22(25)28-15(2)13-30-24(28)26-23(21)29)16(3)27(14)20-9-8-17-6-4-5-7-18(17)11-20/h4-13,25H,1-3H3/b21-12-,25-22?. The molecule has 148 valence electrons. The highest BCUT2D eigenvalue weighted by atomic mass is 32.2. The summed E-state index contributed by atoms with van der Waals surface area (Å²) in [5.74, 6) is -0.184. The van der Waals surface area contributed by atoms with Gasteiger partial charge in [-0.25, -0.2) is 0 Å². The van der Waals surface area contributed by atoms with Crippen molar-refractivity contribution in [3.8, 4) is 5.69 Å². The molecule has 2 aromatic carbocycles. The first kappa shape index (κ1) is 18.6.